The van der Waals surface area contributed by atoms with Crippen molar-refractivity contribution in [1.29, 1.82) is 0 Å². The molecule has 2 N–H and O–H groups in total. The number of phenols is 1. The number of aromatic nitrogens is 2. The number of hydrazone groups is 1. The summed E-state index contributed by atoms with van der Waals surface area (Å²) < 4.78 is 2.32. The topological polar surface area (TPSA) is 96.6 Å². The number of thioether (sulfide) groups is 1. The predicted octanol–water partition coefficient (Wildman–Crippen LogP) is 5.30. The van der Waals surface area contributed by atoms with E-state index < -0.39 is 0 Å². The second-order valence-electron chi connectivity index (χ2n) is 7.83. The second kappa shape index (κ2) is 10.1. The van der Waals surface area contributed by atoms with Crippen LogP contribution >= 0.6 is 50.6 Å². The minimum atomic E-state index is -0.369. The summed E-state index contributed by atoms with van der Waals surface area (Å²) in [6.07, 6.45) is 4.26. The van der Waals surface area contributed by atoms with Crippen molar-refractivity contribution in [3.8, 4) is 11.4 Å². The van der Waals surface area contributed by atoms with Crippen molar-refractivity contribution in [2.75, 3.05) is 5.75 Å². The molecule has 35 heavy (non-hydrogen) atoms. The van der Waals surface area contributed by atoms with Crippen LogP contribution < -0.4 is 11.0 Å². The van der Waals surface area contributed by atoms with Crippen LogP contribution in [-0.4, -0.2) is 32.5 Å². The smallest absolute Gasteiger partial charge is 0.267 e. The summed E-state index contributed by atoms with van der Waals surface area (Å²) in [7, 11) is 0. The van der Waals surface area contributed by atoms with Crippen molar-refractivity contribution < 1.29 is 9.90 Å². The van der Waals surface area contributed by atoms with E-state index in [-0.39, 0.29) is 23.0 Å². The van der Waals surface area contributed by atoms with Crippen LogP contribution in [0.2, 0.25) is 5.02 Å². The number of carbonyl (C=O) groups is 1. The lowest BCUT2D eigenvalue weighted by atomic mass is 10.2. The maximum absolute atomic E-state index is 13.6. The Morgan fingerprint density at radius 3 is 2.89 bits per heavy atom. The van der Waals surface area contributed by atoms with Crippen LogP contribution in [0.25, 0.3) is 15.9 Å². The highest BCUT2D eigenvalue weighted by atomic mass is 79.9. The summed E-state index contributed by atoms with van der Waals surface area (Å²) in [5.41, 5.74) is 4.51. The summed E-state index contributed by atoms with van der Waals surface area (Å²) in [5, 5.41) is 15.5. The molecule has 0 spiro atoms. The molecule has 0 saturated heterocycles. The standard InChI is InChI=1S/C24H18BrClN4O3S2/c25-14-4-9-18(31)13(10-14)11-27-29-20(32)12-34-24-28-22-21(17-2-1-3-19(17)35-22)23(33)30(24)16-7-5-15(26)6-8-16/h4-11,31H,1-3,12H2,(H,29,32). The van der Waals surface area contributed by atoms with Crippen LogP contribution in [0.3, 0.4) is 0 Å². The molecule has 2 heterocycles. The molecule has 0 radical (unpaired) electrons. The number of aromatic hydroxyl groups is 1. The summed E-state index contributed by atoms with van der Waals surface area (Å²) in [6.45, 7) is 0. The number of halogens is 2. The zero-order valence-corrected chi connectivity index (χ0v) is 22.1. The largest absolute Gasteiger partial charge is 0.507 e. The average Bonchev–Trinajstić information content (AvgIpc) is 3.42. The minimum Gasteiger partial charge on any atom is -0.507 e. The number of hydrogen-bond donors (Lipinski definition) is 2. The quantitative estimate of drug-likeness (QED) is 0.138. The zero-order valence-electron chi connectivity index (χ0n) is 18.1. The van der Waals surface area contributed by atoms with Gasteiger partial charge in [0.25, 0.3) is 11.5 Å². The molecule has 0 atom stereocenters. The Hall–Kier alpha value is -2.66. The lowest BCUT2D eigenvalue weighted by Crippen LogP contribution is -2.24. The van der Waals surface area contributed by atoms with Gasteiger partial charge in [0.1, 0.15) is 10.6 Å². The number of carbonyl (C=O) groups excluding carboxylic acids is 1. The van der Waals surface area contributed by atoms with E-state index in [9.17, 15) is 14.7 Å². The van der Waals surface area contributed by atoms with E-state index in [4.69, 9.17) is 16.6 Å². The second-order valence-corrected chi connectivity index (χ2v) is 11.2. The van der Waals surface area contributed by atoms with Crippen molar-refractivity contribution >= 4 is 73.0 Å². The number of thiophene rings is 1. The fourth-order valence-electron chi connectivity index (χ4n) is 3.90. The normalized spacial score (nSPS) is 13.0. The van der Waals surface area contributed by atoms with E-state index in [1.165, 1.54) is 17.2 Å². The zero-order chi connectivity index (χ0) is 24.5. The first-order chi connectivity index (χ1) is 16.9. The third-order valence-corrected chi connectivity index (χ3v) is 8.38. The summed E-state index contributed by atoms with van der Waals surface area (Å²) >= 11 is 12.1. The average molecular weight is 590 g/mol. The van der Waals surface area contributed by atoms with E-state index in [1.54, 1.807) is 52.3 Å². The van der Waals surface area contributed by atoms with E-state index in [2.05, 4.69) is 26.5 Å². The van der Waals surface area contributed by atoms with E-state index >= 15 is 0 Å². The molecule has 1 aliphatic rings. The Balaban J connectivity index is 1.41. The molecule has 11 heteroatoms. The molecule has 7 nitrogen and oxygen atoms in total. The van der Waals surface area contributed by atoms with Crippen molar-refractivity contribution in [2.45, 2.75) is 24.4 Å². The fraction of sp³-hybridized carbons (Fsp3) is 0.167. The Morgan fingerprint density at radius 2 is 2.09 bits per heavy atom. The van der Waals surface area contributed by atoms with Crippen LogP contribution in [0.4, 0.5) is 0 Å². The lowest BCUT2D eigenvalue weighted by Gasteiger charge is -2.12. The van der Waals surface area contributed by atoms with Crippen LogP contribution in [0.15, 0.2) is 62.0 Å². The van der Waals surface area contributed by atoms with Gasteiger partial charge in [-0.2, -0.15) is 5.10 Å². The van der Waals surface area contributed by atoms with Gasteiger partial charge in [0.15, 0.2) is 5.16 Å². The number of hydrogen-bond acceptors (Lipinski definition) is 7. The molecule has 4 aromatic rings. The van der Waals surface area contributed by atoms with Gasteiger partial charge >= 0.3 is 0 Å². The Labute approximate surface area is 222 Å². The van der Waals surface area contributed by atoms with Gasteiger partial charge in [0.05, 0.1) is 23.0 Å². The molecular weight excluding hydrogens is 572 g/mol. The first-order valence-electron chi connectivity index (χ1n) is 10.7. The Kier molecular flexibility index (Phi) is 6.97. The molecule has 0 aliphatic heterocycles. The monoisotopic (exact) mass is 588 g/mol. The molecule has 0 bridgehead atoms. The molecule has 5 rings (SSSR count). The van der Waals surface area contributed by atoms with Gasteiger partial charge in [-0.25, -0.2) is 10.4 Å². The first kappa shape index (κ1) is 24.1. The molecular formula is C24H18BrClN4O3S2. The Bertz CT molecular complexity index is 1530. The maximum Gasteiger partial charge on any atom is 0.267 e. The lowest BCUT2D eigenvalue weighted by molar-refractivity contribution is -0.118. The van der Waals surface area contributed by atoms with Gasteiger partial charge in [-0.15, -0.1) is 11.3 Å². The molecule has 0 fully saturated rings. The van der Waals surface area contributed by atoms with Crippen molar-refractivity contribution in [3.05, 3.63) is 78.3 Å². The molecule has 2 aromatic heterocycles. The third kappa shape index (κ3) is 5.02. The number of benzene rings is 2. The Morgan fingerprint density at radius 1 is 1.29 bits per heavy atom. The highest BCUT2D eigenvalue weighted by Crippen LogP contribution is 2.36. The van der Waals surface area contributed by atoms with E-state index in [0.29, 0.717) is 31.6 Å². The van der Waals surface area contributed by atoms with Crippen LogP contribution in [0.1, 0.15) is 22.4 Å². The molecule has 178 valence electrons. The highest BCUT2D eigenvalue weighted by molar-refractivity contribution is 9.10. The van der Waals surface area contributed by atoms with Crippen molar-refractivity contribution in [3.63, 3.8) is 0 Å². The number of aryl methyl sites for hydroxylation is 2. The maximum atomic E-state index is 13.6. The summed E-state index contributed by atoms with van der Waals surface area (Å²) in [5.74, 6) is -0.322. The van der Waals surface area contributed by atoms with E-state index in [0.717, 1.165) is 41.1 Å². The predicted molar refractivity (Wildman–Crippen MR) is 145 cm³/mol. The van der Waals surface area contributed by atoms with Crippen LogP contribution in [0, 0.1) is 0 Å². The highest BCUT2D eigenvalue weighted by Gasteiger charge is 2.24. The number of phenolic OH excluding ortho intramolecular Hbond substituents is 1. The number of amides is 1. The van der Waals surface area contributed by atoms with Gasteiger partial charge in [-0.1, -0.05) is 39.3 Å². The number of rotatable bonds is 6. The number of nitrogens with zero attached hydrogens (tertiary/aromatic N) is 3. The van der Waals surface area contributed by atoms with Crippen molar-refractivity contribution in [1.82, 2.24) is 15.0 Å². The van der Waals surface area contributed by atoms with Gasteiger partial charge in [-0.3, -0.25) is 14.2 Å². The first-order valence-corrected chi connectivity index (χ1v) is 13.6. The SMILES string of the molecule is O=C(CSc1nc2sc3c(c2c(=O)n1-c1ccc(Cl)cc1)CCC3)NN=Cc1cc(Br)ccc1O. The third-order valence-electron chi connectivity index (χ3n) is 5.51. The number of nitrogens with one attached hydrogen (secondary N) is 1. The molecule has 1 aliphatic carbocycles. The number of fused-ring (bicyclic) bond motifs is 3. The van der Waals surface area contributed by atoms with Gasteiger partial charge < -0.3 is 5.11 Å². The van der Waals surface area contributed by atoms with Crippen molar-refractivity contribution in [2.24, 2.45) is 5.10 Å². The van der Waals surface area contributed by atoms with Gasteiger partial charge in [-0.05, 0) is 67.3 Å². The summed E-state index contributed by atoms with van der Waals surface area (Å²) in [6, 6.07) is 11.9. The molecule has 2 aromatic carbocycles. The molecule has 0 saturated carbocycles. The van der Waals surface area contributed by atoms with Crippen LogP contribution in [0.5, 0.6) is 5.75 Å². The minimum absolute atomic E-state index is 0.00156. The van der Waals surface area contributed by atoms with Crippen LogP contribution in [-0.2, 0) is 17.6 Å². The summed E-state index contributed by atoms with van der Waals surface area (Å²) in [4.78, 5) is 32.8. The van der Waals surface area contributed by atoms with E-state index in [1.807, 2.05) is 0 Å². The van der Waals surface area contributed by atoms with Gasteiger partial charge in [0, 0.05) is 19.9 Å². The van der Waals surface area contributed by atoms with Gasteiger partial charge in [0.2, 0.25) is 0 Å². The molecule has 1 amide bonds. The molecule has 0 unspecified atom stereocenters. The fourth-order valence-corrected chi connectivity index (χ4v) is 6.52.